The van der Waals surface area contributed by atoms with Crippen LogP contribution in [0.15, 0.2) is 48.5 Å². The quantitative estimate of drug-likeness (QED) is 0.592. The van der Waals surface area contributed by atoms with Crippen molar-refractivity contribution in [3.8, 4) is 0 Å². The second-order valence-corrected chi connectivity index (χ2v) is 9.98. The van der Waals surface area contributed by atoms with Gasteiger partial charge in [-0.2, -0.15) is 0 Å². The maximum Gasteiger partial charge on any atom is 0.242 e. The minimum Gasteiger partial charge on any atom is -0.357 e. The van der Waals surface area contributed by atoms with E-state index in [0.29, 0.717) is 18.7 Å². The van der Waals surface area contributed by atoms with Crippen molar-refractivity contribution in [3.05, 3.63) is 65.2 Å². The lowest BCUT2D eigenvalue weighted by Crippen LogP contribution is -2.46. The second-order valence-electron chi connectivity index (χ2n) is 8.08. The van der Waals surface area contributed by atoms with Gasteiger partial charge in [0.1, 0.15) is 6.04 Å². The molecule has 2 amide bonds. The first-order valence-corrected chi connectivity index (χ1v) is 12.5. The topological polar surface area (TPSA) is 86.8 Å². The average molecular weight is 460 g/mol. The Morgan fingerprint density at radius 3 is 2.25 bits per heavy atom. The monoisotopic (exact) mass is 459 g/mol. The van der Waals surface area contributed by atoms with Crippen LogP contribution < -0.4 is 9.62 Å². The molecule has 0 aromatic heterocycles. The van der Waals surface area contributed by atoms with Crippen LogP contribution in [-0.4, -0.2) is 51.0 Å². The Labute approximate surface area is 191 Å². The molecule has 32 heavy (non-hydrogen) atoms. The van der Waals surface area contributed by atoms with Crippen LogP contribution in [0.3, 0.4) is 0 Å². The molecule has 0 aliphatic rings. The molecule has 0 fully saturated rings. The third kappa shape index (κ3) is 7.09. The zero-order valence-electron chi connectivity index (χ0n) is 19.5. The summed E-state index contributed by atoms with van der Waals surface area (Å²) in [5, 5.41) is 2.60. The Morgan fingerprint density at radius 1 is 1.03 bits per heavy atom. The van der Waals surface area contributed by atoms with E-state index in [9.17, 15) is 18.0 Å². The van der Waals surface area contributed by atoms with Crippen molar-refractivity contribution < 1.29 is 18.0 Å². The molecule has 0 aliphatic carbocycles. The SMILES string of the molecule is CNC(=O)[C@H](C)N(Cc1cccc(C)c1)C(=O)CCCN(c1ccc(C)cc1)S(C)(=O)=O. The van der Waals surface area contributed by atoms with Gasteiger partial charge in [-0.25, -0.2) is 8.42 Å². The van der Waals surface area contributed by atoms with Crippen molar-refractivity contribution in [2.24, 2.45) is 0 Å². The van der Waals surface area contributed by atoms with E-state index in [1.54, 1.807) is 31.0 Å². The van der Waals surface area contributed by atoms with Crippen LogP contribution in [0.5, 0.6) is 0 Å². The average Bonchev–Trinajstić information content (AvgIpc) is 2.74. The van der Waals surface area contributed by atoms with Crippen molar-refractivity contribution in [2.75, 3.05) is 24.2 Å². The molecule has 0 aliphatic heterocycles. The van der Waals surface area contributed by atoms with Gasteiger partial charge < -0.3 is 10.2 Å². The molecule has 0 heterocycles. The predicted octanol–water partition coefficient (Wildman–Crippen LogP) is 3.01. The van der Waals surface area contributed by atoms with E-state index in [0.717, 1.165) is 22.9 Å². The number of aryl methyl sites for hydroxylation is 2. The second kappa shape index (κ2) is 11.1. The number of carbonyl (C=O) groups excluding carboxylic acids is 2. The summed E-state index contributed by atoms with van der Waals surface area (Å²) < 4.78 is 25.9. The Balaban J connectivity index is 2.13. The fourth-order valence-electron chi connectivity index (χ4n) is 3.51. The van der Waals surface area contributed by atoms with Crippen LogP contribution in [-0.2, 0) is 26.2 Å². The number of nitrogens with zero attached hydrogens (tertiary/aromatic N) is 2. The Bertz CT molecular complexity index is 1040. The fraction of sp³-hybridized carbons (Fsp3) is 0.417. The van der Waals surface area contributed by atoms with Gasteiger partial charge in [0.25, 0.3) is 0 Å². The highest BCUT2D eigenvalue weighted by atomic mass is 32.2. The van der Waals surface area contributed by atoms with E-state index < -0.39 is 16.1 Å². The van der Waals surface area contributed by atoms with Crippen molar-refractivity contribution in [3.63, 3.8) is 0 Å². The smallest absolute Gasteiger partial charge is 0.242 e. The van der Waals surface area contributed by atoms with Gasteiger partial charge in [0.2, 0.25) is 21.8 Å². The van der Waals surface area contributed by atoms with E-state index >= 15 is 0 Å². The molecule has 2 rings (SSSR count). The number of anilines is 1. The molecule has 0 saturated heterocycles. The standard InChI is InChI=1S/C24H33N3O4S/c1-18-11-13-22(14-12-18)27(32(5,30)31)15-7-10-23(28)26(20(3)24(29)25-4)17-21-9-6-8-19(2)16-21/h6,8-9,11-14,16,20H,7,10,15,17H2,1-5H3,(H,25,29)/t20-/m0/s1. The minimum atomic E-state index is -3.49. The third-order valence-electron chi connectivity index (χ3n) is 5.32. The highest BCUT2D eigenvalue weighted by molar-refractivity contribution is 7.92. The van der Waals surface area contributed by atoms with Gasteiger partial charge in [-0.3, -0.25) is 13.9 Å². The van der Waals surface area contributed by atoms with Crippen molar-refractivity contribution in [2.45, 2.75) is 46.2 Å². The van der Waals surface area contributed by atoms with Crippen LogP contribution in [0.1, 0.15) is 36.5 Å². The first kappa shape index (κ1) is 25.4. The summed E-state index contributed by atoms with van der Waals surface area (Å²) in [7, 11) is -1.95. The summed E-state index contributed by atoms with van der Waals surface area (Å²) in [4.78, 5) is 26.9. The molecule has 174 valence electrons. The first-order chi connectivity index (χ1) is 15.0. The number of benzene rings is 2. The molecule has 2 aromatic rings. The normalized spacial score (nSPS) is 12.2. The van der Waals surface area contributed by atoms with Gasteiger partial charge >= 0.3 is 0 Å². The summed E-state index contributed by atoms with van der Waals surface area (Å²) in [6.07, 6.45) is 1.63. The van der Waals surface area contributed by atoms with E-state index in [2.05, 4.69) is 5.32 Å². The van der Waals surface area contributed by atoms with Crippen molar-refractivity contribution >= 4 is 27.5 Å². The number of carbonyl (C=O) groups is 2. The van der Waals surface area contributed by atoms with E-state index in [1.807, 2.05) is 50.2 Å². The highest BCUT2D eigenvalue weighted by Gasteiger charge is 2.26. The molecular weight excluding hydrogens is 426 g/mol. The zero-order chi connectivity index (χ0) is 23.9. The van der Waals surface area contributed by atoms with Gasteiger partial charge in [-0.1, -0.05) is 47.5 Å². The maximum absolute atomic E-state index is 13.1. The summed E-state index contributed by atoms with van der Waals surface area (Å²) in [6.45, 7) is 6.09. The largest absolute Gasteiger partial charge is 0.357 e. The van der Waals surface area contributed by atoms with Crippen LogP contribution in [0, 0.1) is 13.8 Å². The molecule has 0 spiro atoms. The van der Waals surface area contributed by atoms with Crippen LogP contribution >= 0.6 is 0 Å². The summed E-state index contributed by atoms with van der Waals surface area (Å²) >= 11 is 0. The Morgan fingerprint density at radius 2 is 1.69 bits per heavy atom. The van der Waals surface area contributed by atoms with Crippen LogP contribution in [0.4, 0.5) is 5.69 Å². The van der Waals surface area contributed by atoms with E-state index in [-0.39, 0.29) is 24.8 Å². The lowest BCUT2D eigenvalue weighted by Gasteiger charge is -2.29. The fourth-order valence-corrected chi connectivity index (χ4v) is 4.48. The summed E-state index contributed by atoms with van der Waals surface area (Å²) in [6, 6.07) is 14.4. The first-order valence-electron chi connectivity index (χ1n) is 10.6. The van der Waals surface area contributed by atoms with E-state index in [4.69, 9.17) is 0 Å². The molecule has 0 bridgehead atoms. The molecule has 0 saturated carbocycles. The predicted molar refractivity (Wildman–Crippen MR) is 128 cm³/mol. The minimum absolute atomic E-state index is 0.130. The number of amides is 2. The number of hydrogen-bond donors (Lipinski definition) is 1. The van der Waals surface area contributed by atoms with Crippen LogP contribution in [0.25, 0.3) is 0 Å². The van der Waals surface area contributed by atoms with Gasteiger partial charge in [-0.05, 0) is 44.9 Å². The maximum atomic E-state index is 13.1. The Hall–Kier alpha value is -2.87. The summed E-state index contributed by atoms with van der Waals surface area (Å²) in [5.74, 6) is -0.441. The molecule has 2 aromatic carbocycles. The highest BCUT2D eigenvalue weighted by Crippen LogP contribution is 2.20. The van der Waals surface area contributed by atoms with Crippen molar-refractivity contribution in [1.29, 1.82) is 0 Å². The van der Waals surface area contributed by atoms with Gasteiger partial charge in [0.05, 0.1) is 11.9 Å². The lowest BCUT2D eigenvalue weighted by molar-refractivity contribution is -0.140. The van der Waals surface area contributed by atoms with Gasteiger partial charge in [0.15, 0.2) is 0 Å². The number of nitrogens with one attached hydrogen (secondary N) is 1. The zero-order valence-corrected chi connectivity index (χ0v) is 20.3. The molecule has 7 nitrogen and oxygen atoms in total. The molecule has 1 N–H and O–H groups in total. The molecule has 0 unspecified atom stereocenters. The van der Waals surface area contributed by atoms with Crippen LogP contribution in [0.2, 0.25) is 0 Å². The van der Waals surface area contributed by atoms with E-state index in [1.165, 1.54) is 4.31 Å². The Kier molecular flexibility index (Phi) is 8.83. The number of rotatable bonds is 10. The van der Waals surface area contributed by atoms with Gasteiger partial charge in [0, 0.05) is 26.6 Å². The summed E-state index contributed by atoms with van der Waals surface area (Å²) in [5.41, 5.74) is 3.61. The van der Waals surface area contributed by atoms with Crippen molar-refractivity contribution in [1.82, 2.24) is 10.2 Å². The molecule has 0 radical (unpaired) electrons. The molecular formula is C24H33N3O4S. The third-order valence-corrected chi connectivity index (χ3v) is 6.52. The lowest BCUT2D eigenvalue weighted by atomic mass is 10.1. The number of sulfonamides is 1. The number of hydrogen-bond acceptors (Lipinski definition) is 4. The molecule has 8 heteroatoms. The number of likely N-dealkylation sites (N-methyl/N-ethyl adjacent to an activating group) is 1. The van der Waals surface area contributed by atoms with Gasteiger partial charge in [-0.15, -0.1) is 0 Å². The molecule has 1 atom stereocenters.